The van der Waals surface area contributed by atoms with Crippen LogP contribution in [0.5, 0.6) is 0 Å². The third-order valence-electron chi connectivity index (χ3n) is 4.99. The Morgan fingerprint density at radius 2 is 2.17 bits per heavy atom. The van der Waals surface area contributed by atoms with Crippen molar-refractivity contribution < 1.29 is 24.2 Å². The van der Waals surface area contributed by atoms with E-state index in [-0.39, 0.29) is 31.1 Å². The highest BCUT2D eigenvalue weighted by Gasteiger charge is 2.42. The predicted molar refractivity (Wildman–Crippen MR) is 82.4 cm³/mol. The number of nitrogens with zero attached hydrogens (tertiary/aromatic N) is 1. The van der Waals surface area contributed by atoms with Crippen LogP contribution in [0.25, 0.3) is 0 Å². The Morgan fingerprint density at radius 3 is 2.91 bits per heavy atom. The molecule has 4 unspecified atom stereocenters. The molecule has 3 heterocycles. The summed E-state index contributed by atoms with van der Waals surface area (Å²) in [5, 5.41) is 10.1. The number of aliphatic hydroxyl groups is 1. The molecule has 6 heteroatoms. The fourth-order valence-electron chi connectivity index (χ4n) is 3.59. The minimum atomic E-state index is -1.24. The third kappa shape index (κ3) is 3.05. The van der Waals surface area contributed by atoms with Gasteiger partial charge in [0.15, 0.2) is 6.10 Å². The second-order valence-corrected chi connectivity index (χ2v) is 6.50. The second kappa shape index (κ2) is 6.45. The van der Waals surface area contributed by atoms with Crippen LogP contribution in [0.4, 0.5) is 0 Å². The van der Waals surface area contributed by atoms with Gasteiger partial charge in [-0.05, 0) is 31.3 Å². The first-order chi connectivity index (χ1) is 11.0. The molecule has 4 atom stereocenters. The van der Waals surface area contributed by atoms with Gasteiger partial charge in [0.25, 0.3) is 0 Å². The molecule has 3 rings (SSSR count). The minimum absolute atomic E-state index is 0.0150. The number of hydrogen-bond donors (Lipinski definition) is 1. The molecule has 0 aliphatic carbocycles. The zero-order chi connectivity index (χ0) is 16.6. The van der Waals surface area contributed by atoms with Gasteiger partial charge in [-0.2, -0.15) is 0 Å². The third-order valence-corrected chi connectivity index (χ3v) is 4.99. The maximum Gasteiger partial charge on any atom is 0.335 e. The van der Waals surface area contributed by atoms with Crippen LogP contribution in [0.3, 0.4) is 0 Å². The van der Waals surface area contributed by atoms with Crippen molar-refractivity contribution in [3.8, 4) is 0 Å². The summed E-state index contributed by atoms with van der Waals surface area (Å²) in [4.78, 5) is 26.7. The van der Waals surface area contributed by atoms with Crippen LogP contribution in [0.2, 0.25) is 0 Å². The molecule has 0 saturated carbocycles. The van der Waals surface area contributed by atoms with Gasteiger partial charge in [-0.3, -0.25) is 4.90 Å². The summed E-state index contributed by atoms with van der Waals surface area (Å²) in [5.41, 5.74) is 1.45. The number of cyclic esters (lactones) is 1. The van der Waals surface area contributed by atoms with Gasteiger partial charge in [0.2, 0.25) is 0 Å². The van der Waals surface area contributed by atoms with Gasteiger partial charge >= 0.3 is 11.9 Å². The Bertz CT molecular complexity index is 567. The van der Waals surface area contributed by atoms with Crippen LogP contribution < -0.4 is 0 Å². The van der Waals surface area contributed by atoms with Crippen molar-refractivity contribution in [1.82, 2.24) is 4.90 Å². The first-order valence-corrected chi connectivity index (χ1v) is 8.15. The molecule has 2 saturated heterocycles. The SMILES string of the molecule is CC=C1CC(C)C(O)C(=O)OCC2=CCN3CCC(OC1=O)C23. The Hall–Kier alpha value is -1.66. The summed E-state index contributed by atoms with van der Waals surface area (Å²) in [7, 11) is 0. The van der Waals surface area contributed by atoms with Gasteiger partial charge < -0.3 is 14.6 Å². The Morgan fingerprint density at radius 1 is 1.39 bits per heavy atom. The zero-order valence-electron chi connectivity index (χ0n) is 13.5. The van der Waals surface area contributed by atoms with E-state index in [2.05, 4.69) is 4.90 Å². The van der Waals surface area contributed by atoms with E-state index in [9.17, 15) is 14.7 Å². The lowest BCUT2D eigenvalue weighted by Gasteiger charge is -2.26. The predicted octanol–water partition coefficient (Wildman–Crippen LogP) is 0.803. The highest BCUT2D eigenvalue weighted by molar-refractivity contribution is 5.88. The Balaban J connectivity index is 1.87. The minimum Gasteiger partial charge on any atom is -0.459 e. The van der Waals surface area contributed by atoms with Crippen molar-refractivity contribution in [2.45, 2.75) is 44.9 Å². The van der Waals surface area contributed by atoms with Crippen molar-refractivity contribution in [1.29, 1.82) is 0 Å². The normalized spacial score (nSPS) is 37.5. The van der Waals surface area contributed by atoms with Crippen LogP contribution in [-0.4, -0.2) is 59.9 Å². The van der Waals surface area contributed by atoms with Crippen molar-refractivity contribution >= 4 is 11.9 Å². The van der Waals surface area contributed by atoms with Crippen molar-refractivity contribution in [2.75, 3.05) is 19.7 Å². The number of rotatable bonds is 0. The average molecular weight is 321 g/mol. The van der Waals surface area contributed by atoms with E-state index < -0.39 is 18.0 Å². The van der Waals surface area contributed by atoms with Crippen LogP contribution in [0.15, 0.2) is 23.3 Å². The first-order valence-electron chi connectivity index (χ1n) is 8.15. The smallest absolute Gasteiger partial charge is 0.335 e. The van der Waals surface area contributed by atoms with Crippen molar-refractivity contribution in [3.05, 3.63) is 23.3 Å². The Kier molecular flexibility index (Phi) is 4.55. The molecule has 1 N–H and O–H groups in total. The lowest BCUT2D eigenvalue weighted by Crippen LogP contribution is -2.38. The number of ether oxygens (including phenoxy) is 2. The zero-order valence-corrected chi connectivity index (χ0v) is 13.5. The van der Waals surface area contributed by atoms with Gasteiger partial charge in [0.05, 0.1) is 6.04 Å². The van der Waals surface area contributed by atoms with Crippen molar-refractivity contribution in [3.63, 3.8) is 0 Å². The number of carbonyl (C=O) groups is 2. The summed E-state index contributed by atoms with van der Waals surface area (Å²) in [5.74, 6) is -1.39. The quantitative estimate of drug-likeness (QED) is 0.404. The fraction of sp³-hybridized carbons (Fsp3) is 0.647. The topological polar surface area (TPSA) is 76.1 Å². The molecule has 23 heavy (non-hydrogen) atoms. The highest BCUT2D eigenvalue weighted by Crippen LogP contribution is 2.32. The second-order valence-electron chi connectivity index (χ2n) is 6.50. The molecular weight excluding hydrogens is 298 g/mol. The molecule has 0 spiro atoms. The Labute approximate surface area is 135 Å². The molecule has 3 aliphatic rings. The van der Waals surface area contributed by atoms with Gasteiger partial charge in [-0.25, -0.2) is 9.59 Å². The summed E-state index contributed by atoms with van der Waals surface area (Å²) < 4.78 is 11.0. The van der Waals surface area contributed by atoms with Gasteiger partial charge in [-0.15, -0.1) is 0 Å². The average Bonchev–Trinajstić information content (AvgIpc) is 3.11. The van der Waals surface area contributed by atoms with Crippen molar-refractivity contribution in [2.24, 2.45) is 5.92 Å². The molecule has 2 fully saturated rings. The molecule has 0 amide bonds. The molecule has 0 aromatic rings. The van der Waals surface area contributed by atoms with E-state index in [4.69, 9.17) is 9.47 Å². The molecule has 0 radical (unpaired) electrons. The van der Waals surface area contributed by atoms with E-state index >= 15 is 0 Å². The van der Waals surface area contributed by atoms with Gasteiger partial charge in [0.1, 0.15) is 12.7 Å². The maximum atomic E-state index is 12.4. The monoisotopic (exact) mass is 321 g/mol. The van der Waals surface area contributed by atoms with Gasteiger partial charge in [-0.1, -0.05) is 19.1 Å². The number of aliphatic hydroxyl groups excluding tert-OH is 1. The molecule has 6 nitrogen and oxygen atoms in total. The van der Waals surface area contributed by atoms with E-state index in [0.717, 1.165) is 25.1 Å². The summed E-state index contributed by atoms with van der Waals surface area (Å²) in [6.45, 7) is 5.28. The number of esters is 2. The van der Waals surface area contributed by atoms with Gasteiger partial charge in [0, 0.05) is 18.7 Å². The number of hydrogen-bond acceptors (Lipinski definition) is 6. The van der Waals surface area contributed by atoms with E-state index in [0.29, 0.717) is 5.57 Å². The molecule has 0 aromatic heterocycles. The molecule has 126 valence electrons. The summed E-state index contributed by atoms with van der Waals surface area (Å²) in [6, 6.07) is -0.0150. The van der Waals surface area contributed by atoms with E-state index in [1.54, 1.807) is 19.9 Å². The molecule has 0 aromatic carbocycles. The van der Waals surface area contributed by atoms with Crippen LogP contribution >= 0.6 is 0 Å². The lowest BCUT2D eigenvalue weighted by atomic mass is 9.95. The molecule has 0 bridgehead atoms. The summed E-state index contributed by atoms with van der Waals surface area (Å²) in [6.07, 6.45) is 3.35. The first kappa shape index (κ1) is 16.2. The van der Waals surface area contributed by atoms with Crippen LogP contribution in [-0.2, 0) is 19.1 Å². The maximum absolute atomic E-state index is 12.4. The van der Waals surface area contributed by atoms with Crippen LogP contribution in [0.1, 0.15) is 26.7 Å². The largest absolute Gasteiger partial charge is 0.459 e. The summed E-state index contributed by atoms with van der Waals surface area (Å²) >= 11 is 0. The highest BCUT2D eigenvalue weighted by atomic mass is 16.6. The molecule has 3 aliphatic heterocycles. The van der Waals surface area contributed by atoms with Crippen LogP contribution in [0, 0.1) is 5.92 Å². The fourth-order valence-corrected chi connectivity index (χ4v) is 3.59. The number of carbonyl (C=O) groups excluding carboxylic acids is 2. The number of allylic oxidation sites excluding steroid dienone is 1. The standard InChI is InChI=1S/C17H23NO5/c1-3-11-8-10(2)15(19)17(21)22-9-12-4-6-18-7-5-13(14(12)18)23-16(11)20/h3-4,10,13-15,19H,5-9H2,1-2H3. The van der Waals surface area contributed by atoms with E-state index in [1.165, 1.54) is 0 Å². The molecular formula is C17H23NO5. The lowest BCUT2D eigenvalue weighted by molar-refractivity contribution is -0.156. The van der Waals surface area contributed by atoms with E-state index in [1.807, 2.05) is 6.08 Å².